The number of ether oxygens (including phenoxy) is 2. The normalized spacial score (nSPS) is 16.4. The maximum atomic E-state index is 12.8. The molecular weight excluding hydrogens is 432 g/mol. The smallest absolute Gasteiger partial charge is 0.227 e. The highest BCUT2D eigenvalue weighted by atomic mass is 79.9. The van der Waals surface area contributed by atoms with E-state index in [1.54, 1.807) is 0 Å². The summed E-state index contributed by atoms with van der Waals surface area (Å²) in [6.07, 6.45) is 0.345. The summed E-state index contributed by atoms with van der Waals surface area (Å²) in [5.74, 6) is 1.56. The van der Waals surface area contributed by atoms with Gasteiger partial charge in [-0.1, -0.05) is 27.5 Å². The zero-order valence-electron chi connectivity index (χ0n) is 14.8. The van der Waals surface area contributed by atoms with E-state index in [9.17, 15) is 4.79 Å². The van der Waals surface area contributed by atoms with Crippen molar-refractivity contribution >= 4 is 39.1 Å². The molecule has 7 heteroatoms. The molecule has 1 amide bonds. The largest absolute Gasteiger partial charge is 0.486 e. The van der Waals surface area contributed by atoms with Crippen molar-refractivity contribution in [2.45, 2.75) is 6.42 Å². The average molecular weight is 452 g/mol. The first-order chi connectivity index (χ1) is 13.1. The standard InChI is InChI=1S/C20H20BrClN2O3/c21-17-13-19-18(26-9-10-27-19)11-14(17)12-20(25)24-7-5-23(6-8-24)16-3-1-15(22)2-4-16/h1-4,11,13H,5-10,12H2. The second-order valence-corrected chi connectivity index (χ2v) is 7.90. The molecule has 2 aromatic carbocycles. The molecular formula is C20H20BrClN2O3. The summed E-state index contributed by atoms with van der Waals surface area (Å²) in [7, 11) is 0. The zero-order chi connectivity index (χ0) is 18.8. The summed E-state index contributed by atoms with van der Waals surface area (Å²) in [5.41, 5.74) is 2.06. The minimum atomic E-state index is 0.128. The van der Waals surface area contributed by atoms with E-state index in [2.05, 4.69) is 20.8 Å². The van der Waals surface area contributed by atoms with Gasteiger partial charge in [0.2, 0.25) is 5.91 Å². The number of piperazine rings is 1. The second kappa shape index (κ2) is 7.98. The molecule has 0 N–H and O–H groups in total. The Labute approximate surface area is 171 Å². The molecule has 1 fully saturated rings. The van der Waals surface area contributed by atoms with Crippen molar-refractivity contribution in [1.29, 1.82) is 0 Å². The van der Waals surface area contributed by atoms with Gasteiger partial charge in [0, 0.05) is 41.4 Å². The predicted molar refractivity (Wildman–Crippen MR) is 109 cm³/mol. The van der Waals surface area contributed by atoms with Gasteiger partial charge >= 0.3 is 0 Å². The van der Waals surface area contributed by atoms with Crippen LogP contribution in [-0.2, 0) is 11.2 Å². The molecule has 0 atom stereocenters. The van der Waals surface area contributed by atoms with E-state index in [4.69, 9.17) is 21.1 Å². The van der Waals surface area contributed by atoms with Crippen LogP contribution in [0.4, 0.5) is 5.69 Å². The van der Waals surface area contributed by atoms with Crippen molar-refractivity contribution in [2.24, 2.45) is 0 Å². The van der Waals surface area contributed by atoms with E-state index in [-0.39, 0.29) is 5.91 Å². The van der Waals surface area contributed by atoms with Crippen molar-refractivity contribution in [3.05, 3.63) is 51.5 Å². The molecule has 0 aliphatic carbocycles. The average Bonchev–Trinajstić information content (AvgIpc) is 2.69. The number of carbonyl (C=O) groups is 1. The van der Waals surface area contributed by atoms with Crippen LogP contribution in [0, 0.1) is 0 Å². The van der Waals surface area contributed by atoms with Crippen LogP contribution in [-0.4, -0.2) is 50.2 Å². The van der Waals surface area contributed by atoms with Gasteiger partial charge in [0.15, 0.2) is 11.5 Å². The van der Waals surface area contributed by atoms with Crippen molar-refractivity contribution in [1.82, 2.24) is 4.90 Å². The lowest BCUT2D eigenvalue weighted by Crippen LogP contribution is -2.49. The number of rotatable bonds is 3. The van der Waals surface area contributed by atoms with Crippen LogP contribution in [0.2, 0.25) is 5.02 Å². The van der Waals surface area contributed by atoms with Crippen molar-refractivity contribution in [3.63, 3.8) is 0 Å². The lowest BCUT2D eigenvalue weighted by Gasteiger charge is -2.36. The summed E-state index contributed by atoms with van der Waals surface area (Å²) in [6, 6.07) is 11.6. The van der Waals surface area contributed by atoms with Crippen LogP contribution >= 0.6 is 27.5 Å². The van der Waals surface area contributed by atoms with E-state index in [1.165, 1.54) is 0 Å². The van der Waals surface area contributed by atoms with Crippen molar-refractivity contribution in [2.75, 3.05) is 44.3 Å². The molecule has 2 aromatic rings. The van der Waals surface area contributed by atoms with Crippen molar-refractivity contribution in [3.8, 4) is 11.5 Å². The van der Waals surface area contributed by atoms with Gasteiger partial charge in [-0.05, 0) is 42.0 Å². The highest BCUT2D eigenvalue weighted by Crippen LogP contribution is 2.36. The van der Waals surface area contributed by atoms with E-state index in [0.29, 0.717) is 38.5 Å². The first kappa shape index (κ1) is 18.4. The van der Waals surface area contributed by atoms with Crippen LogP contribution in [0.15, 0.2) is 40.9 Å². The second-order valence-electron chi connectivity index (χ2n) is 6.61. The van der Waals surface area contributed by atoms with Gasteiger partial charge in [-0.15, -0.1) is 0 Å². The number of benzene rings is 2. The number of hydrogen-bond acceptors (Lipinski definition) is 4. The first-order valence-electron chi connectivity index (χ1n) is 8.96. The van der Waals surface area contributed by atoms with Gasteiger partial charge < -0.3 is 19.3 Å². The van der Waals surface area contributed by atoms with Gasteiger partial charge in [0.25, 0.3) is 0 Å². The molecule has 142 valence electrons. The third kappa shape index (κ3) is 4.17. The van der Waals surface area contributed by atoms with E-state index in [0.717, 1.165) is 39.6 Å². The highest BCUT2D eigenvalue weighted by Gasteiger charge is 2.23. The summed E-state index contributed by atoms with van der Waals surface area (Å²) in [4.78, 5) is 17.0. The third-order valence-electron chi connectivity index (χ3n) is 4.88. The van der Waals surface area contributed by atoms with Gasteiger partial charge in [-0.2, -0.15) is 0 Å². The number of halogens is 2. The van der Waals surface area contributed by atoms with Crippen molar-refractivity contribution < 1.29 is 14.3 Å². The number of hydrogen-bond donors (Lipinski definition) is 0. The number of fused-ring (bicyclic) bond motifs is 1. The quantitative estimate of drug-likeness (QED) is 0.712. The molecule has 0 unspecified atom stereocenters. The van der Waals surface area contributed by atoms with Gasteiger partial charge in [0.05, 0.1) is 6.42 Å². The molecule has 0 bridgehead atoms. The Bertz CT molecular complexity index is 836. The molecule has 0 aromatic heterocycles. The van der Waals surface area contributed by atoms with Gasteiger partial charge in [0.1, 0.15) is 13.2 Å². The van der Waals surface area contributed by atoms with Crippen LogP contribution in [0.3, 0.4) is 0 Å². The molecule has 1 saturated heterocycles. The monoisotopic (exact) mass is 450 g/mol. The Hall–Kier alpha value is -1.92. The van der Waals surface area contributed by atoms with Crippen LogP contribution < -0.4 is 14.4 Å². The molecule has 4 rings (SSSR count). The molecule has 0 spiro atoms. The first-order valence-corrected chi connectivity index (χ1v) is 10.1. The molecule has 5 nitrogen and oxygen atoms in total. The lowest BCUT2D eigenvalue weighted by atomic mass is 10.1. The molecule has 2 aliphatic heterocycles. The van der Waals surface area contributed by atoms with E-state index in [1.807, 2.05) is 41.3 Å². The molecule has 0 radical (unpaired) electrons. The number of carbonyl (C=O) groups excluding carboxylic acids is 1. The van der Waals surface area contributed by atoms with Crippen LogP contribution in [0.1, 0.15) is 5.56 Å². The van der Waals surface area contributed by atoms with Crippen LogP contribution in [0.5, 0.6) is 11.5 Å². The Morgan fingerprint density at radius 3 is 2.30 bits per heavy atom. The fourth-order valence-corrected chi connectivity index (χ4v) is 3.97. The summed E-state index contributed by atoms with van der Waals surface area (Å²) in [5, 5.41) is 0.734. The predicted octanol–water partition coefficient (Wildman–Crippen LogP) is 3.77. The Morgan fingerprint density at radius 2 is 1.63 bits per heavy atom. The zero-order valence-corrected chi connectivity index (χ0v) is 17.1. The van der Waals surface area contributed by atoms with E-state index >= 15 is 0 Å². The third-order valence-corrected chi connectivity index (χ3v) is 5.87. The summed E-state index contributed by atoms with van der Waals surface area (Å²) in [6.45, 7) is 4.14. The Kier molecular flexibility index (Phi) is 5.45. The van der Waals surface area contributed by atoms with Crippen LogP contribution in [0.25, 0.3) is 0 Å². The Balaban J connectivity index is 1.38. The maximum Gasteiger partial charge on any atom is 0.227 e. The van der Waals surface area contributed by atoms with E-state index < -0.39 is 0 Å². The topological polar surface area (TPSA) is 42.0 Å². The SMILES string of the molecule is O=C(Cc1cc2c(cc1Br)OCCO2)N1CCN(c2ccc(Cl)cc2)CC1. The molecule has 2 heterocycles. The fourth-order valence-electron chi connectivity index (χ4n) is 3.38. The summed E-state index contributed by atoms with van der Waals surface area (Å²) >= 11 is 9.51. The number of nitrogens with zero attached hydrogens (tertiary/aromatic N) is 2. The number of amides is 1. The minimum Gasteiger partial charge on any atom is -0.486 e. The molecule has 2 aliphatic rings. The van der Waals surface area contributed by atoms with Gasteiger partial charge in [-0.3, -0.25) is 4.79 Å². The Morgan fingerprint density at radius 1 is 1.00 bits per heavy atom. The fraction of sp³-hybridized carbons (Fsp3) is 0.350. The minimum absolute atomic E-state index is 0.128. The summed E-state index contributed by atoms with van der Waals surface area (Å²) < 4.78 is 12.1. The maximum absolute atomic E-state index is 12.8. The van der Waals surface area contributed by atoms with Gasteiger partial charge in [-0.25, -0.2) is 0 Å². The lowest BCUT2D eigenvalue weighted by molar-refractivity contribution is -0.130. The molecule has 0 saturated carbocycles. The highest BCUT2D eigenvalue weighted by molar-refractivity contribution is 9.10. The molecule has 27 heavy (non-hydrogen) atoms. The number of anilines is 1.